The van der Waals surface area contributed by atoms with Crippen molar-refractivity contribution in [2.24, 2.45) is 10.8 Å². The van der Waals surface area contributed by atoms with E-state index in [4.69, 9.17) is 0 Å². The van der Waals surface area contributed by atoms with Crippen molar-refractivity contribution in [3.8, 4) is 0 Å². The van der Waals surface area contributed by atoms with Crippen LogP contribution in [0.5, 0.6) is 0 Å². The van der Waals surface area contributed by atoms with Crippen molar-refractivity contribution in [3.05, 3.63) is 53.9 Å². The molecule has 0 aromatic carbocycles. The average Bonchev–Trinajstić information content (AvgIpc) is 3.10. The summed E-state index contributed by atoms with van der Waals surface area (Å²) in [4.78, 5) is 0. The van der Waals surface area contributed by atoms with Gasteiger partial charge in [0.2, 0.25) is 0 Å². The zero-order chi connectivity index (χ0) is 19.9. The number of allylic oxidation sites excluding steroid dienone is 6. The molecule has 2 aliphatic carbocycles. The molecule has 4 heteroatoms. The molecule has 4 nitrogen and oxygen atoms in total. The molecule has 0 unspecified atom stereocenters. The molecule has 1 fully saturated rings. The lowest BCUT2D eigenvalue weighted by atomic mass is 9.58. The average molecular weight is 369 g/mol. The summed E-state index contributed by atoms with van der Waals surface area (Å²) in [6.07, 6.45) is 15.2. The minimum Gasteiger partial charge on any atom is -0.396 e. The SMILES string of the molecule is C=C/C=C(\C=C/C)n1ncc2c1C=C1CC[C@@](CO)(CC(C)(C)O)[C@@]1(C)C2. The molecule has 146 valence electrons. The van der Waals surface area contributed by atoms with Crippen LogP contribution >= 0.6 is 0 Å². The summed E-state index contributed by atoms with van der Waals surface area (Å²) < 4.78 is 1.97. The van der Waals surface area contributed by atoms with Gasteiger partial charge in [0.25, 0.3) is 0 Å². The van der Waals surface area contributed by atoms with Crippen LogP contribution in [0.2, 0.25) is 0 Å². The van der Waals surface area contributed by atoms with Crippen molar-refractivity contribution < 1.29 is 10.2 Å². The molecule has 0 aliphatic heterocycles. The van der Waals surface area contributed by atoms with Gasteiger partial charge in [0.05, 0.1) is 23.2 Å². The quantitative estimate of drug-likeness (QED) is 0.733. The van der Waals surface area contributed by atoms with Crippen molar-refractivity contribution in [3.63, 3.8) is 0 Å². The third-order valence-electron chi connectivity index (χ3n) is 6.44. The number of rotatable bonds is 6. The first-order valence-corrected chi connectivity index (χ1v) is 9.77. The molecule has 2 aliphatic rings. The van der Waals surface area contributed by atoms with E-state index >= 15 is 0 Å². The maximum absolute atomic E-state index is 10.5. The molecule has 0 radical (unpaired) electrons. The fourth-order valence-electron chi connectivity index (χ4n) is 5.14. The minimum absolute atomic E-state index is 0.0918. The molecule has 1 aromatic rings. The molecular weight excluding hydrogens is 336 g/mol. The Morgan fingerprint density at radius 1 is 1.44 bits per heavy atom. The third-order valence-corrected chi connectivity index (χ3v) is 6.44. The van der Waals surface area contributed by atoms with E-state index in [1.165, 1.54) is 11.1 Å². The Labute approximate surface area is 162 Å². The number of hydrogen-bond donors (Lipinski definition) is 2. The fraction of sp³-hybridized carbons (Fsp3) is 0.522. The van der Waals surface area contributed by atoms with Gasteiger partial charge in [0, 0.05) is 17.4 Å². The maximum Gasteiger partial charge on any atom is 0.0700 e. The van der Waals surface area contributed by atoms with Gasteiger partial charge >= 0.3 is 0 Å². The summed E-state index contributed by atoms with van der Waals surface area (Å²) in [6, 6.07) is 0. The summed E-state index contributed by atoms with van der Waals surface area (Å²) in [6.45, 7) is 11.8. The van der Waals surface area contributed by atoms with Gasteiger partial charge in [-0.25, -0.2) is 4.68 Å². The lowest BCUT2D eigenvalue weighted by molar-refractivity contribution is -0.0479. The molecule has 0 amide bonds. The molecule has 1 aromatic heterocycles. The normalized spacial score (nSPS) is 28.2. The summed E-state index contributed by atoms with van der Waals surface area (Å²) in [5.41, 5.74) is 3.37. The fourth-order valence-corrected chi connectivity index (χ4v) is 5.14. The summed E-state index contributed by atoms with van der Waals surface area (Å²) in [7, 11) is 0. The highest BCUT2D eigenvalue weighted by atomic mass is 16.3. The number of hydrogen-bond acceptors (Lipinski definition) is 3. The molecule has 1 saturated carbocycles. The van der Waals surface area contributed by atoms with E-state index in [0.29, 0.717) is 6.42 Å². The van der Waals surface area contributed by atoms with Crippen LogP contribution in [-0.2, 0) is 6.42 Å². The Morgan fingerprint density at radius 2 is 2.19 bits per heavy atom. The van der Waals surface area contributed by atoms with Crippen molar-refractivity contribution in [2.45, 2.75) is 59.0 Å². The molecule has 3 rings (SSSR count). The lowest BCUT2D eigenvalue weighted by Crippen LogP contribution is -2.46. The Hall–Kier alpha value is -1.91. The van der Waals surface area contributed by atoms with Crippen LogP contribution in [0.4, 0.5) is 0 Å². The molecule has 2 N–H and O–H groups in total. The van der Waals surface area contributed by atoms with Gasteiger partial charge in [-0.15, -0.1) is 0 Å². The van der Waals surface area contributed by atoms with E-state index in [-0.39, 0.29) is 17.4 Å². The van der Waals surface area contributed by atoms with Crippen LogP contribution in [0.1, 0.15) is 58.2 Å². The van der Waals surface area contributed by atoms with Gasteiger partial charge in [-0.3, -0.25) is 0 Å². The minimum atomic E-state index is -0.808. The second-order valence-corrected chi connectivity index (χ2v) is 8.90. The monoisotopic (exact) mass is 368 g/mol. The second kappa shape index (κ2) is 6.92. The Morgan fingerprint density at radius 3 is 2.78 bits per heavy atom. The smallest absolute Gasteiger partial charge is 0.0700 e. The summed E-state index contributed by atoms with van der Waals surface area (Å²) in [5.74, 6) is 0. The van der Waals surface area contributed by atoms with E-state index in [9.17, 15) is 10.2 Å². The van der Waals surface area contributed by atoms with Crippen LogP contribution in [0.25, 0.3) is 11.8 Å². The molecule has 27 heavy (non-hydrogen) atoms. The second-order valence-electron chi connectivity index (χ2n) is 8.90. The van der Waals surface area contributed by atoms with E-state index in [1.54, 1.807) is 6.08 Å². The van der Waals surface area contributed by atoms with Gasteiger partial charge in [0.15, 0.2) is 0 Å². The van der Waals surface area contributed by atoms with Crippen LogP contribution in [0, 0.1) is 10.8 Å². The number of fused-ring (bicyclic) bond motifs is 2. The number of aliphatic hydroxyl groups is 2. The zero-order valence-electron chi connectivity index (χ0n) is 17.0. The summed E-state index contributed by atoms with van der Waals surface area (Å²) in [5, 5.41) is 25.5. The maximum atomic E-state index is 10.5. The highest BCUT2D eigenvalue weighted by Gasteiger charge is 2.56. The van der Waals surface area contributed by atoms with Crippen LogP contribution in [0.15, 0.2) is 42.7 Å². The van der Waals surface area contributed by atoms with Crippen LogP contribution < -0.4 is 0 Å². The number of nitrogens with zero attached hydrogens (tertiary/aromatic N) is 2. The number of aliphatic hydroxyl groups excluding tert-OH is 1. The van der Waals surface area contributed by atoms with Crippen LogP contribution in [-0.4, -0.2) is 32.2 Å². The third kappa shape index (κ3) is 3.26. The Balaban J connectivity index is 2.07. The topological polar surface area (TPSA) is 58.3 Å². The largest absolute Gasteiger partial charge is 0.396 e. The van der Waals surface area contributed by atoms with Gasteiger partial charge in [-0.2, -0.15) is 5.10 Å². The molecule has 0 bridgehead atoms. The van der Waals surface area contributed by atoms with E-state index in [0.717, 1.165) is 30.7 Å². The van der Waals surface area contributed by atoms with Gasteiger partial charge < -0.3 is 10.2 Å². The van der Waals surface area contributed by atoms with Gasteiger partial charge in [0.1, 0.15) is 0 Å². The van der Waals surface area contributed by atoms with Crippen molar-refractivity contribution in [1.82, 2.24) is 9.78 Å². The van der Waals surface area contributed by atoms with E-state index in [2.05, 4.69) is 24.7 Å². The predicted molar refractivity (Wildman–Crippen MR) is 111 cm³/mol. The van der Waals surface area contributed by atoms with Crippen molar-refractivity contribution in [2.75, 3.05) is 6.61 Å². The highest BCUT2D eigenvalue weighted by molar-refractivity contribution is 5.68. The van der Waals surface area contributed by atoms with Crippen molar-refractivity contribution in [1.29, 1.82) is 0 Å². The molecule has 0 saturated heterocycles. The number of aromatic nitrogens is 2. The predicted octanol–water partition coefficient (Wildman–Crippen LogP) is 4.37. The first-order chi connectivity index (χ1) is 12.7. The molecule has 2 atom stereocenters. The first-order valence-electron chi connectivity index (χ1n) is 9.77. The zero-order valence-corrected chi connectivity index (χ0v) is 17.0. The first kappa shape index (κ1) is 19.8. The highest BCUT2D eigenvalue weighted by Crippen LogP contribution is 2.62. The Kier molecular flexibility index (Phi) is 5.08. The van der Waals surface area contributed by atoms with E-state index in [1.807, 2.05) is 49.9 Å². The summed E-state index contributed by atoms with van der Waals surface area (Å²) >= 11 is 0. The molecule has 1 heterocycles. The standard InChI is InChI=1S/C23H32N2O2/c1-6-8-19(9-7-2)25-20-12-18-10-11-23(16-26,15-21(3,4)27)22(18,5)13-17(20)14-24-25/h6-9,12,14,26-27H,1,10-11,13,15-16H2,2-5H3/b9-7-,19-8+/t22-,23-/m0/s1. The van der Waals surface area contributed by atoms with Crippen LogP contribution in [0.3, 0.4) is 0 Å². The van der Waals surface area contributed by atoms with Gasteiger partial charge in [-0.05, 0) is 70.2 Å². The molecular formula is C23H32N2O2. The molecule has 0 spiro atoms. The lowest BCUT2D eigenvalue weighted by Gasteiger charge is -2.47. The van der Waals surface area contributed by atoms with Crippen molar-refractivity contribution >= 4 is 11.8 Å². The van der Waals surface area contributed by atoms with E-state index < -0.39 is 5.60 Å². The Bertz CT molecular complexity index is 822. The van der Waals surface area contributed by atoms with Gasteiger partial charge in [-0.1, -0.05) is 31.2 Å².